The summed E-state index contributed by atoms with van der Waals surface area (Å²) in [5.41, 5.74) is 5.20. The first-order valence-electron chi connectivity index (χ1n) is 7.28. The summed E-state index contributed by atoms with van der Waals surface area (Å²) in [5, 5.41) is 4.56. The first kappa shape index (κ1) is 13.6. The van der Waals surface area contributed by atoms with Gasteiger partial charge in [0.1, 0.15) is 5.82 Å². The average molecular weight is 310 g/mol. The summed E-state index contributed by atoms with van der Waals surface area (Å²) in [6.07, 6.45) is 0. The minimum absolute atomic E-state index is 0.167. The molecule has 0 aliphatic carbocycles. The number of thioether (sulfide) groups is 1. The average Bonchev–Trinajstić information content (AvgIpc) is 3.01. The van der Waals surface area contributed by atoms with E-state index < -0.39 is 0 Å². The number of fused-ring (bicyclic) bond motifs is 2. The van der Waals surface area contributed by atoms with Crippen molar-refractivity contribution in [3.63, 3.8) is 0 Å². The maximum Gasteiger partial charge on any atom is 0.128 e. The number of aromatic nitrogens is 1. The standard InChI is InChI=1S/C18H15FN2S/c19-15-7-3-1-5-12(15)9-20-18-13-6-2-4-8-16(13)21-17-11-22-10-14(17)18/h1-8H,9-11H2,(H,20,21). The molecule has 0 spiro atoms. The van der Waals surface area contributed by atoms with Crippen molar-refractivity contribution in [2.45, 2.75) is 18.1 Å². The number of benzene rings is 2. The highest BCUT2D eigenvalue weighted by molar-refractivity contribution is 7.98. The highest BCUT2D eigenvalue weighted by Crippen LogP contribution is 2.38. The Morgan fingerprint density at radius 3 is 2.77 bits per heavy atom. The van der Waals surface area contributed by atoms with Gasteiger partial charge in [-0.05, 0) is 12.1 Å². The van der Waals surface area contributed by atoms with Crippen LogP contribution in [0.2, 0.25) is 0 Å². The van der Waals surface area contributed by atoms with E-state index in [1.807, 2.05) is 42.1 Å². The smallest absolute Gasteiger partial charge is 0.128 e. The molecule has 2 heterocycles. The molecule has 0 saturated heterocycles. The second-order valence-electron chi connectivity index (χ2n) is 5.37. The van der Waals surface area contributed by atoms with Crippen molar-refractivity contribution >= 4 is 28.4 Å². The molecular formula is C18H15FN2S. The third kappa shape index (κ3) is 2.33. The van der Waals surface area contributed by atoms with E-state index in [1.54, 1.807) is 6.07 Å². The highest BCUT2D eigenvalue weighted by atomic mass is 32.2. The Morgan fingerprint density at radius 2 is 1.86 bits per heavy atom. The number of nitrogens with zero attached hydrogens (tertiary/aromatic N) is 1. The summed E-state index contributed by atoms with van der Waals surface area (Å²) in [4.78, 5) is 4.75. The molecule has 4 heteroatoms. The Kier molecular flexibility index (Phi) is 3.47. The molecule has 0 atom stereocenters. The monoisotopic (exact) mass is 310 g/mol. The maximum atomic E-state index is 13.8. The van der Waals surface area contributed by atoms with Gasteiger partial charge in [0.25, 0.3) is 0 Å². The van der Waals surface area contributed by atoms with Gasteiger partial charge in [0.2, 0.25) is 0 Å². The predicted octanol–water partition coefficient (Wildman–Crippen LogP) is 4.73. The normalized spacial score (nSPS) is 13.3. The third-order valence-corrected chi connectivity index (χ3v) is 4.95. The van der Waals surface area contributed by atoms with E-state index in [9.17, 15) is 4.39 Å². The molecule has 0 amide bonds. The van der Waals surface area contributed by atoms with Gasteiger partial charge in [-0.3, -0.25) is 4.98 Å². The van der Waals surface area contributed by atoms with E-state index in [-0.39, 0.29) is 5.82 Å². The Morgan fingerprint density at radius 1 is 1.05 bits per heavy atom. The van der Waals surface area contributed by atoms with Gasteiger partial charge in [0.15, 0.2) is 0 Å². The van der Waals surface area contributed by atoms with Gasteiger partial charge >= 0.3 is 0 Å². The first-order valence-corrected chi connectivity index (χ1v) is 8.44. The molecule has 0 fully saturated rings. The summed E-state index contributed by atoms with van der Waals surface area (Å²) in [5.74, 6) is 1.75. The molecular weight excluding hydrogens is 295 g/mol. The van der Waals surface area contributed by atoms with Crippen molar-refractivity contribution in [1.29, 1.82) is 0 Å². The number of para-hydroxylation sites is 1. The number of anilines is 1. The second-order valence-corrected chi connectivity index (χ2v) is 6.35. The van der Waals surface area contributed by atoms with Gasteiger partial charge in [0.05, 0.1) is 11.2 Å². The van der Waals surface area contributed by atoms with Crippen LogP contribution < -0.4 is 5.32 Å². The van der Waals surface area contributed by atoms with Gasteiger partial charge in [-0.25, -0.2) is 4.39 Å². The van der Waals surface area contributed by atoms with Crippen LogP contribution in [0.1, 0.15) is 16.8 Å². The molecule has 2 aromatic carbocycles. The second kappa shape index (κ2) is 5.61. The number of nitrogens with one attached hydrogen (secondary N) is 1. The number of hydrogen-bond acceptors (Lipinski definition) is 3. The van der Waals surface area contributed by atoms with Crippen molar-refractivity contribution < 1.29 is 4.39 Å². The fraction of sp³-hybridized carbons (Fsp3) is 0.167. The Bertz CT molecular complexity index is 848. The molecule has 1 aliphatic rings. The Hall–Kier alpha value is -2.07. The van der Waals surface area contributed by atoms with Crippen LogP contribution in [0.15, 0.2) is 48.5 Å². The lowest BCUT2D eigenvalue weighted by Crippen LogP contribution is -2.06. The van der Waals surface area contributed by atoms with Crippen molar-refractivity contribution in [2.75, 3.05) is 5.32 Å². The molecule has 0 saturated carbocycles. The number of hydrogen-bond donors (Lipinski definition) is 1. The minimum atomic E-state index is -0.167. The van der Waals surface area contributed by atoms with Crippen LogP contribution in [0.4, 0.5) is 10.1 Å². The van der Waals surface area contributed by atoms with Gasteiger partial charge in [-0.2, -0.15) is 11.8 Å². The minimum Gasteiger partial charge on any atom is -0.380 e. The molecule has 3 aromatic rings. The lowest BCUT2D eigenvalue weighted by Gasteiger charge is -2.14. The molecule has 0 bridgehead atoms. The Balaban J connectivity index is 1.76. The molecule has 1 aliphatic heterocycles. The molecule has 110 valence electrons. The molecule has 0 radical (unpaired) electrons. The van der Waals surface area contributed by atoms with Gasteiger partial charge < -0.3 is 5.32 Å². The van der Waals surface area contributed by atoms with Crippen LogP contribution in [-0.4, -0.2) is 4.98 Å². The lowest BCUT2D eigenvalue weighted by atomic mass is 10.1. The summed E-state index contributed by atoms with van der Waals surface area (Å²) < 4.78 is 13.8. The largest absolute Gasteiger partial charge is 0.380 e. The molecule has 22 heavy (non-hydrogen) atoms. The first-order chi connectivity index (χ1) is 10.8. The number of pyridine rings is 1. The molecule has 0 unspecified atom stereocenters. The SMILES string of the molecule is Fc1ccccc1CNc1c2c(nc3ccccc13)CSC2. The van der Waals surface area contributed by atoms with Crippen LogP contribution in [0.25, 0.3) is 10.9 Å². The molecule has 1 aromatic heterocycles. The summed E-state index contributed by atoms with van der Waals surface area (Å²) in [6.45, 7) is 0.484. The van der Waals surface area contributed by atoms with Crippen LogP contribution in [0.5, 0.6) is 0 Å². The van der Waals surface area contributed by atoms with Crippen LogP contribution >= 0.6 is 11.8 Å². The van der Waals surface area contributed by atoms with Crippen LogP contribution in [0.3, 0.4) is 0 Å². The third-order valence-electron chi connectivity index (χ3n) is 3.98. The van der Waals surface area contributed by atoms with Crippen molar-refractivity contribution in [3.05, 3.63) is 71.2 Å². The molecule has 2 nitrogen and oxygen atoms in total. The van der Waals surface area contributed by atoms with E-state index in [4.69, 9.17) is 4.98 Å². The fourth-order valence-corrected chi connectivity index (χ4v) is 3.90. The van der Waals surface area contributed by atoms with Crippen molar-refractivity contribution in [2.24, 2.45) is 0 Å². The zero-order chi connectivity index (χ0) is 14.9. The van der Waals surface area contributed by atoms with Gasteiger partial charge in [-0.15, -0.1) is 0 Å². The molecule has 4 rings (SSSR count). The number of rotatable bonds is 3. The van der Waals surface area contributed by atoms with Crippen LogP contribution in [0, 0.1) is 5.82 Å². The zero-order valence-electron chi connectivity index (χ0n) is 12.0. The van der Waals surface area contributed by atoms with E-state index in [0.717, 1.165) is 33.8 Å². The van der Waals surface area contributed by atoms with E-state index in [2.05, 4.69) is 11.4 Å². The highest BCUT2D eigenvalue weighted by Gasteiger charge is 2.19. The Labute approximate surface area is 132 Å². The summed E-state index contributed by atoms with van der Waals surface area (Å²) in [7, 11) is 0. The van der Waals surface area contributed by atoms with Crippen molar-refractivity contribution in [1.82, 2.24) is 4.98 Å². The summed E-state index contributed by atoms with van der Waals surface area (Å²) in [6, 6.07) is 15.0. The quantitative estimate of drug-likeness (QED) is 0.757. The lowest BCUT2D eigenvalue weighted by molar-refractivity contribution is 0.613. The van der Waals surface area contributed by atoms with Gasteiger partial charge in [0, 0.05) is 40.3 Å². The number of halogens is 1. The fourth-order valence-electron chi connectivity index (χ4n) is 2.85. The van der Waals surface area contributed by atoms with E-state index in [1.165, 1.54) is 11.6 Å². The maximum absolute atomic E-state index is 13.8. The van der Waals surface area contributed by atoms with E-state index in [0.29, 0.717) is 12.1 Å². The summed E-state index contributed by atoms with van der Waals surface area (Å²) >= 11 is 1.88. The van der Waals surface area contributed by atoms with E-state index >= 15 is 0 Å². The van der Waals surface area contributed by atoms with Gasteiger partial charge in [-0.1, -0.05) is 36.4 Å². The molecule has 1 N–H and O–H groups in total. The zero-order valence-corrected chi connectivity index (χ0v) is 12.8. The van der Waals surface area contributed by atoms with Crippen molar-refractivity contribution in [3.8, 4) is 0 Å². The predicted molar refractivity (Wildman–Crippen MR) is 90.5 cm³/mol. The van der Waals surface area contributed by atoms with Crippen LogP contribution in [-0.2, 0) is 18.1 Å². The topological polar surface area (TPSA) is 24.9 Å².